The molecule has 1 fully saturated rings. The molecule has 0 atom stereocenters. The zero-order valence-corrected chi connectivity index (χ0v) is 13.2. The van der Waals surface area contributed by atoms with Crippen LogP contribution in [0.1, 0.15) is 32.3 Å². The number of hydrogen-bond donors (Lipinski definition) is 2. The van der Waals surface area contributed by atoms with Crippen molar-refractivity contribution < 1.29 is 18.8 Å². The van der Waals surface area contributed by atoms with Gasteiger partial charge in [0.15, 0.2) is 0 Å². The van der Waals surface area contributed by atoms with Gasteiger partial charge in [0.2, 0.25) is 5.91 Å². The van der Waals surface area contributed by atoms with E-state index in [2.05, 4.69) is 10.6 Å². The summed E-state index contributed by atoms with van der Waals surface area (Å²) in [6, 6.07) is 5.51. The minimum Gasteiger partial charge on any atom is -0.350 e. The highest BCUT2D eigenvalue weighted by molar-refractivity contribution is 6.08. The summed E-state index contributed by atoms with van der Waals surface area (Å²) in [5, 5.41) is 5.17. The SMILES string of the molecule is CCC1(CC)NC(=O)N(CC(=O)NCc2ccccc2F)C1=O. The predicted molar refractivity (Wildman–Crippen MR) is 81.8 cm³/mol. The van der Waals surface area contributed by atoms with Gasteiger partial charge >= 0.3 is 6.03 Å². The molecule has 0 unspecified atom stereocenters. The lowest BCUT2D eigenvalue weighted by Gasteiger charge is -2.23. The molecule has 23 heavy (non-hydrogen) atoms. The van der Waals surface area contributed by atoms with E-state index in [0.717, 1.165) is 4.90 Å². The third kappa shape index (κ3) is 3.33. The lowest BCUT2D eigenvalue weighted by atomic mass is 9.93. The van der Waals surface area contributed by atoms with Crippen molar-refractivity contribution in [2.24, 2.45) is 0 Å². The molecule has 2 N–H and O–H groups in total. The number of rotatable bonds is 6. The maximum atomic E-state index is 13.5. The Hall–Kier alpha value is -2.44. The molecule has 0 spiro atoms. The number of urea groups is 1. The third-order valence-electron chi connectivity index (χ3n) is 4.19. The second kappa shape index (κ2) is 6.76. The highest BCUT2D eigenvalue weighted by Gasteiger charge is 2.49. The van der Waals surface area contributed by atoms with Crippen LogP contribution in [-0.2, 0) is 16.1 Å². The van der Waals surface area contributed by atoms with Crippen LogP contribution in [0.4, 0.5) is 9.18 Å². The largest absolute Gasteiger partial charge is 0.350 e. The summed E-state index contributed by atoms with van der Waals surface area (Å²) < 4.78 is 13.5. The standard InChI is InChI=1S/C16H20FN3O3/c1-3-16(4-2)14(22)20(15(23)19-16)10-13(21)18-9-11-7-5-6-8-12(11)17/h5-8H,3-4,9-10H2,1-2H3,(H,18,21)(H,19,23). The first-order chi connectivity index (χ1) is 10.9. The molecule has 0 saturated carbocycles. The van der Waals surface area contributed by atoms with Crippen molar-refractivity contribution in [2.45, 2.75) is 38.8 Å². The molecule has 0 aromatic heterocycles. The molecular weight excluding hydrogens is 301 g/mol. The summed E-state index contributed by atoms with van der Waals surface area (Å²) in [4.78, 5) is 37.2. The normalized spacial score (nSPS) is 16.4. The van der Waals surface area contributed by atoms with Crippen molar-refractivity contribution in [1.29, 1.82) is 0 Å². The lowest BCUT2D eigenvalue weighted by Crippen LogP contribution is -2.46. The van der Waals surface area contributed by atoms with Gasteiger partial charge in [0.1, 0.15) is 17.9 Å². The molecule has 0 radical (unpaired) electrons. The van der Waals surface area contributed by atoms with Crippen molar-refractivity contribution in [3.05, 3.63) is 35.6 Å². The van der Waals surface area contributed by atoms with Gasteiger partial charge in [0.25, 0.3) is 5.91 Å². The van der Waals surface area contributed by atoms with E-state index >= 15 is 0 Å². The minimum absolute atomic E-state index is 0.00184. The monoisotopic (exact) mass is 321 g/mol. The summed E-state index contributed by atoms with van der Waals surface area (Å²) in [5.74, 6) is -1.33. The van der Waals surface area contributed by atoms with Crippen molar-refractivity contribution in [3.63, 3.8) is 0 Å². The number of nitrogens with zero attached hydrogens (tertiary/aromatic N) is 1. The molecule has 0 aliphatic carbocycles. The van der Waals surface area contributed by atoms with Gasteiger partial charge in [-0.3, -0.25) is 14.5 Å². The molecule has 0 bridgehead atoms. The van der Waals surface area contributed by atoms with Crippen LogP contribution in [0, 0.1) is 5.82 Å². The topological polar surface area (TPSA) is 78.5 Å². The fourth-order valence-electron chi connectivity index (χ4n) is 2.58. The van der Waals surface area contributed by atoms with E-state index in [1.54, 1.807) is 18.2 Å². The lowest BCUT2D eigenvalue weighted by molar-refractivity contribution is -0.135. The molecule has 1 aliphatic heterocycles. The number of benzene rings is 1. The van der Waals surface area contributed by atoms with E-state index in [9.17, 15) is 18.8 Å². The van der Waals surface area contributed by atoms with Crippen LogP contribution < -0.4 is 10.6 Å². The Kier molecular flexibility index (Phi) is 4.98. The minimum atomic E-state index is -0.928. The first-order valence-electron chi connectivity index (χ1n) is 7.57. The molecule has 6 nitrogen and oxygen atoms in total. The second-order valence-corrected chi connectivity index (χ2v) is 5.48. The highest BCUT2D eigenvalue weighted by atomic mass is 19.1. The molecule has 1 aliphatic rings. The third-order valence-corrected chi connectivity index (χ3v) is 4.19. The Labute approximate surface area is 134 Å². The van der Waals surface area contributed by atoms with Crippen LogP contribution in [0.15, 0.2) is 24.3 Å². The summed E-state index contributed by atoms with van der Waals surface area (Å²) in [7, 11) is 0. The summed E-state index contributed by atoms with van der Waals surface area (Å²) in [6.45, 7) is 3.25. The average molecular weight is 321 g/mol. The number of carbonyl (C=O) groups is 3. The fraction of sp³-hybridized carbons (Fsp3) is 0.438. The quantitative estimate of drug-likeness (QED) is 0.780. The number of imide groups is 1. The Balaban J connectivity index is 1.97. The molecule has 7 heteroatoms. The van der Waals surface area contributed by atoms with Gasteiger partial charge in [-0.25, -0.2) is 9.18 Å². The molecule has 124 valence electrons. The van der Waals surface area contributed by atoms with Crippen molar-refractivity contribution in [3.8, 4) is 0 Å². The maximum absolute atomic E-state index is 13.5. The molecule has 1 aromatic carbocycles. The Morgan fingerprint density at radius 2 is 1.91 bits per heavy atom. The van der Waals surface area contributed by atoms with E-state index in [-0.39, 0.29) is 13.1 Å². The number of nitrogens with one attached hydrogen (secondary N) is 2. The van der Waals surface area contributed by atoms with Gasteiger partial charge < -0.3 is 10.6 Å². The molecule has 1 saturated heterocycles. The van der Waals surface area contributed by atoms with Gasteiger partial charge in [0.05, 0.1) is 0 Å². The van der Waals surface area contributed by atoms with Gasteiger partial charge in [-0.05, 0) is 18.9 Å². The summed E-state index contributed by atoms with van der Waals surface area (Å²) in [6.07, 6.45) is 0.919. The zero-order chi connectivity index (χ0) is 17.0. The van der Waals surface area contributed by atoms with E-state index in [1.165, 1.54) is 6.07 Å². The zero-order valence-electron chi connectivity index (χ0n) is 13.2. The van der Waals surface area contributed by atoms with Crippen LogP contribution >= 0.6 is 0 Å². The molecule has 1 aromatic rings. The number of carbonyl (C=O) groups excluding carboxylic acids is 3. The predicted octanol–water partition coefficient (Wildman–Crippen LogP) is 1.55. The molecule has 2 rings (SSSR count). The van der Waals surface area contributed by atoms with Crippen LogP contribution in [0.3, 0.4) is 0 Å². The first kappa shape index (κ1) is 16.9. The summed E-state index contributed by atoms with van der Waals surface area (Å²) >= 11 is 0. The van der Waals surface area contributed by atoms with Gasteiger partial charge in [-0.2, -0.15) is 0 Å². The van der Waals surface area contributed by atoms with E-state index in [1.807, 2.05) is 13.8 Å². The van der Waals surface area contributed by atoms with Crippen molar-refractivity contribution >= 4 is 17.8 Å². The van der Waals surface area contributed by atoms with E-state index < -0.39 is 29.2 Å². The van der Waals surface area contributed by atoms with Crippen molar-refractivity contribution in [1.82, 2.24) is 15.5 Å². The van der Waals surface area contributed by atoms with Crippen LogP contribution in [0.2, 0.25) is 0 Å². The van der Waals surface area contributed by atoms with Crippen LogP contribution in [0.5, 0.6) is 0 Å². The number of hydrogen-bond acceptors (Lipinski definition) is 3. The highest BCUT2D eigenvalue weighted by Crippen LogP contribution is 2.24. The fourth-order valence-corrected chi connectivity index (χ4v) is 2.58. The average Bonchev–Trinajstić information content (AvgIpc) is 2.79. The van der Waals surface area contributed by atoms with Gasteiger partial charge in [0, 0.05) is 12.1 Å². The molecular formula is C16H20FN3O3. The Bertz CT molecular complexity index is 629. The van der Waals surface area contributed by atoms with Crippen molar-refractivity contribution in [2.75, 3.05) is 6.54 Å². The van der Waals surface area contributed by atoms with E-state index in [0.29, 0.717) is 18.4 Å². The molecule has 1 heterocycles. The number of halogens is 1. The van der Waals surface area contributed by atoms with E-state index in [4.69, 9.17) is 0 Å². The smallest absolute Gasteiger partial charge is 0.325 e. The first-order valence-corrected chi connectivity index (χ1v) is 7.57. The Morgan fingerprint density at radius 1 is 1.26 bits per heavy atom. The second-order valence-electron chi connectivity index (χ2n) is 5.48. The summed E-state index contributed by atoms with van der Waals surface area (Å²) in [5.41, 5.74) is -0.586. The van der Waals surface area contributed by atoms with Crippen LogP contribution in [0.25, 0.3) is 0 Å². The number of amides is 4. The molecule has 4 amide bonds. The van der Waals surface area contributed by atoms with Gasteiger partial charge in [-0.1, -0.05) is 32.0 Å². The van der Waals surface area contributed by atoms with Crippen LogP contribution in [-0.4, -0.2) is 34.8 Å². The van der Waals surface area contributed by atoms with Gasteiger partial charge in [-0.15, -0.1) is 0 Å². The maximum Gasteiger partial charge on any atom is 0.325 e. The Morgan fingerprint density at radius 3 is 2.48 bits per heavy atom.